The molecule has 20 heavy (non-hydrogen) atoms. The molecule has 2 N–H and O–H groups in total. The molecule has 104 valence electrons. The van der Waals surface area contributed by atoms with Gasteiger partial charge in [0.2, 0.25) is 0 Å². The van der Waals surface area contributed by atoms with Crippen LogP contribution in [0, 0.1) is 10.1 Å². The van der Waals surface area contributed by atoms with Crippen LogP contribution in [0.3, 0.4) is 0 Å². The largest absolute Gasteiger partial charge is 0.383 e. The molecule has 1 heterocycles. The number of halogens is 1. The summed E-state index contributed by atoms with van der Waals surface area (Å²) < 4.78 is 0. The van der Waals surface area contributed by atoms with Crippen LogP contribution in [-0.2, 0) is 6.54 Å². The fraction of sp³-hybridized carbons (Fsp3) is 0.154. The molecule has 0 bridgehead atoms. The highest BCUT2D eigenvalue weighted by Gasteiger charge is 2.13. The van der Waals surface area contributed by atoms with Crippen LogP contribution in [-0.4, -0.2) is 17.0 Å². The van der Waals surface area contributed by atoms with Gasteiger partial charge in [-0.2, -0.15) is 0 Å². The van der Waals surface area contributed by atoms with Crippen LogP contribution in [0.2, 0.25) is 5.02 Å². The summed E-state index contributed by atoms with van der Waals surface area (Å²) in [5, 5.41) is 11.5. The summed E-state index contributed by atoms with van der Waals surface area (Å²) in [4.78, 5) is 16.2. The van der Waals surface area contributed by atoms with E-state index in [1.165, 1.54) is 12.1 Å². The van der Waals surface area contributed by atoms with E-state index in [4.69, 9.17) is 17.3 Å². The zero-order chi connectivity index (χ0) is 14.7. The van der Waals surface area contributed by atoms with Crippen molar-refractivity contribution in [1.29, 1.82) is 0 Å². The molecule has 0 spiro atoms. The Morgan fingerprint density at radius 3 is 2.75 bits per heavy atom. The number of aromatic nitrogens is 1. The molecule has 1 aromatic carbocycles. The average Bonchev–Trinajstić information content (AvgIpc) is 2.40. The summed E-state index contributed by atoms with van der Waals surface area (Å²) >= 11 is 6.09. The molecule has 0 amide bonds. The van der Waals surface area contributed by atoms with Gasteiger partial charge in [0.15, 0.2) is 0 Å². The lowest BCUT2D eigenvalue weighted by Gasteiger charge is -2.19. The molecule has 0 saturated carbocycles. The number of rotatable bonds is 4. The van der Waals surface area contributed by atoms with E-state index in [-0.39, 0.29) is 11.5 Å². The SMILES string of the molecule is CN(Cc1ccccc1Cl)c1cc([N+](=O)[O-])cc(N)n1. The molecular formula is C13H13ClN4O2. The maximum absolute atomic E-state index is 10.8. The first kappa shape index (κ1) is 14.1. The van der Waals surface area contributed by atoms with Gasteiger partial charge in [-0.25, -0.2) is 4.98 Å². The Kier molecular flexibility index (Phi) is 4.05. The second kappa shape index (κ2) is 5.75. The van der Waals surface area contributed by atoms with Crippen LogP contribution in [0.5, 0.6) is 0 Å². The molecule has 0 aliphatic carbocycles. The summed E-state index contributed by atoms with van der Waals surface area (Å²) in [6.07, 6.45) is 0. The van der Waals surface area contributed by atoms with Gasteiger partial charge in [0.05, 0.1) is 17.1 Å². The van der Waals surface area contributed by atoms with Crippen molar-refractivity contribution in [2.24, 2.45) is 0 Å². The molecule has 0 fully saturated rings. The second-order valence-electron chi connectivity index (χ2n) is 4.31. The van der Waals surface area contributed by atoms with E-state index < -0.39 is 4.92 Å². The first-order valence-electron chi connectivity index (χ1n) is 5.84. The Balaban J connectivity index is 2.27. The molecule has 0 atom stereocenters. The van der Waals surface area contributed by atoms with Gasteiger partial charge in [0.1, 0.15) is 11.6 Å². The molecule has 0 radical (unpaired) electrons. The minimum atomic E-state index is -0.495. The Bertz CT molecular complexity index is 648. The highest BCUT2D eigenvalue weighted by Crippen LogP contribution is 2.24. The molecule has 0 aliphatic rings. The summed E-state index contributed by atoms with van der Waals surface area (Å²) in [6.45, 7) is 0.479. The first-order chi connectivity index (χ1) is 9.47. The summed E-state index contributed by atoms with van der Waals surface area (Å²) in [5.74, 6) is 0.539. The summed E-state index contributed by atoms with van der Waals surface area (Å²) in [7, 11) is 1.77. The number of nitro groups is 1. The zero-order valence-corrected chi connectivity index (χ0v) is 11.5. The maximum Gasteiger partial charge on any atom is 0.276 e. The van der Waals surface area contributed by atoms with E-state index in [1.807, 2.05) is 18.2 Å². The number of benzene rings is 1. The molecule has 2 rings (SSSR count). The molecule has 0 unspecified atom stereocenters. The molecule has 7 heteroatoms. The van der Waals surface area contributed by atoms with E-state index in [2.05, 4.69) is 4.98 Å². The van der Waals surface area contributed by atoms with Gasteiger partial charge in [-0.3, -0.25) is 10.1 Å². The third-order valence-electron chi connectivity index (χ3n) is 2.78. The Labute approximate surface area is 120 Å². The quantitative estimate of drug-likeness (QED) is 0.692. The minimum Gasteiger partial charge on any atom is -0.383 e. The number of nitrogens with two attached hydrogens (primary N) is 1. The summed E-state index contributed by atoms with van der Waals surface area (Å²) in [5.41, 5.74) is 6.41. The van der Waals surface area contributed by atoms with Crippen LogP contribution in [0.25, 0.3) is 0 Å². The van der Waals surface area contributed by atoms with Crippen LogP contribution in [0.15, 0.2) is 36.4 Å². The molecule has 2 aromatic rings. The lowest BCUT2D eigenvalue weighted by molar-refractivity contribution is -0.384. The Morgan fingerprint density at radius 2 is 2.10 bits per heavy atom. The molecular weight excluding hydrogens is 280 g/mol. The van der Waals surface area contributed by atoms with Crippen molar-refractivity contribution < 1.29 is 4.92 Å². The minimum absolute atomic E-state index is 0.0847. The lowest BCUT2D eigenvalue weighted by atomic mass is 10.2. The number of hydrogen-bond acceptors (Lipinski definition) is 5. The number of nitrogens with zero attached hydrogens (tertiary/aromatic N) is 3. The van der Waals surface area contributed by atoms with Crippen LogP contribution >= 0.6 is 11.6 Å². The van der Waals surface area contributed by atoms with Gasteiger partial charge in [0.25, 0.3) is 5.69 Å². The third kappa shape index (κ3) is 3.16. The van der Waals surface area contributed by atoms with Crippen LogP contribution in [0.4, 0.5) is 17.3 Å². The van der Waals surface area contributed by atoms with Crippen molar-refractivity contribution in [2.75, 3.05) is 17.7 Å². The second-order valence-corrected chi connectivity index (χ2v) is 4.72. The van der Waals surface area contributed by atoms with Crippen molar-refractivity contribution >= 4 is 28.9 Å². The van der Waals surface area contributed by atoms with Gasteiger partial charge in [-0.1, -0.05) is 29.8 Å². The lowest BCUT2D eigenvalue weighted by Crippen LogP contribution is -2.18. The first-order valence-corrected chi connectivity index (χ1v) is 6.21. The maximum atomic E-state index is 10.8. The van der Waals surface area contributed by atoms with Gasteiger partial charge < -0.3 is 10.6 Å². The zero-order valence-electron chi connectivity index (χ0n) is 10.8. The van der Waals surface area contributed by atoms with E-state index in [0.717, 1.165) is 5.56 Å². The number of pyridine rings is 1. The van der Waals surface area contributed by atoms with Gasteiger partial charge in [-0.15, -0.1) is 0 Å². The molecule has 0 saturated heterocycles. The topological polar surface area (TPSA) is 85.3 Å². The number of hydrogen-bond donors (Lipinski definition) is 1. The van der Waals surface area contributed by atoms with Crippen molar-refractivity contribution in [3.63, 3.8) is 0 Å². The third-order valence-corrected chi connectivity index (χ3v) is 3.15. The standard InChI is InChI=1S/C13H13ClN4O2/c1-17(8-9-4-2-3-5-11(9)14)13-7-10(18(19)20)6-12(15)16-13/h2-7H,8H2,1H3,(H2,15,16). The van der Waals surface area contributed by atoms with Crippen LogP contribution < -0.4 is 10.6 Å². The normalized spacial score (nSPS) is 10.3. The number of anilines is 2. The number of nitrogen functional groups attached to an aromatic ring is 1. The average molecular weight is 293 g/mol. The Morgan fingerprint density at radius 1 is 1.40 bits per heavy atom. The highest BCUT2D eigenvalue weighted by molar-refractivity contribution is 6.31. The van der Waals surface area contributed by atoms with Crippen molar-refractivity contribution in [2.45, 2.75) is 6.54 Å². The van der Waals surface area contributed by atoms with Gasteiger partial charge in [-0.05, 0) is 11.6 Å². The van der Waals surface area contributed by atoms with E-state index >= 15 is 0 Å². The van der Waals surface area contributed by atoms with Crippen molar-refractivity contribution in [3.8, 4) is 0 Å². The predicted molar refractivity (Wildman–Crippen MR) is 78.9 cm³/mol. The van der Waals surface area contributed by atoms with E-state index in [9.17, 15) is 10.1 Å². The Hall–Kier alpha value is -2.34. The van der Waals surface area contributed by atoms with Crippen molar-refractivity contribution in [1.82, 2.24) is 4.98 Å². The molecule has 0 aliphatic heterocycles. The molecule has 6 nitrogen and oxygen atoms in total. The van der Waals surface area contributed by atoms with E-state index in [1.54, 1.807) is 18.0 Å². The predicted octanol–water partition coefficient (Wildman–Crippen LogP) is 2.86. The molecule has 1 aromatic heterocycles. The smallest absolute Gasteiger partial charge is 0.276 e. The van der Waals surface area contributed by atoms with Crippen molar-refractivity contribution in [3.05, 3.63) is 57.1 Å². The fourth-order valence-electron chi connectivity index (χ4n) is 1.79. The van der Waals surface area contributed by atoms with Gasteiger partial charge in [0, 0.05) is 18.6 Å². The van der Waals surface area contributed by atoms with Gasteiger partial charge >= 0.3 is 0 Å². The fourth-order valence-corrected chi connectivity index (χ4v) is 1.98. The monoisotopic (exact) mass is 292 g/mol. The van der Waals surface area contributed by atoms with Crippen LogP contribution in [0.1, 0.15) is 5.56 Å². The summed E-state index contributed by atoms with van der Waals surface area (Å²) in [6, 6.07) is 10.0. The highest BCUT2D eigenvalue weighted by atomic mass is 35.5. The van der Waals surface area contributed by atoms with E-state index in [0.29, 0.717) is 17.4 Å².